The van der Waals surface area contributed by atoms with Crippen molar-refractivity contribution in [3.63, 3.8) is 0 Å². The summed E-state index contributed by atoms with van der Waals surface area (Å²) >= 11 is 1.33. The highest BCUT2D eigenvalue weighted by Crippen LogP contribution is 2.32. The van der Waals surface area contributed by atoms with Crippen LogP contribution in [-0.2, 0) is 4.74 Å². The summed E-state index contributed by atoms with van der Waals surface area (Å²) < 4.78 is 5.39. The fourth-order valence-corrected chi connectivity index (χ4v) is 2.81. The zero-order valence-electron chi connectivity index (χ0n) is 11.9. The van der Waals surface area contributed by atoms with Crippen molar-refractivity contribution in [3.8, 4) is 0 Å². The van der Waals surface area contributed by atoms with Gasteiger partial charge in [0.25, 0.3) is 5.91 Å². The molecule has 1 amide bonds. The number of nitrogens with zero attached hydrogens (tertiary/aromatic N) is 1. The summed E-state index contributed by atoms with van der Waals surface area (Å²) in [6.07, 6.45) is 0. The van der Waals surface area contributed by atoms with Crippen LogP contribution in [0.5, 0.6) is 0 Å². The van der Waals surface area contributed by atoms with Crippen LogP contribution in [0.3, 0.4) is 0 Å². The molecular weight excluding hydrogens is 296 g/mol. The van der Waals surface area contributed by atoms with E-state index in [2.05, 4.69) is 10.3 Å². The number of hydrogen-bond donors (Lipinski definition) is 1. The van der Waals surface area contributed by atoms with E-state index in [4.69, 9.17) is 4.74 Å². The summed E-state index contributed by atoms with van der Waals surface area (Å²) in [4.78, 5) is 16.7. The molecule has 1 aliphatic heterocycles. The summed E-state index contributed by atoms with van der Waals surface area (Å²) in [7, 11) is 1.62. The first-order valence-corrected chi connectivity index (χ1v) is 7.61. The van der Waals surface area contributed by atoms with Crippen molar-refractivity contribution in [2.45, 2.75) is 0 Å². The van der Waals surface area contributed by atoms with Gasteiger partial charge in [-0.3, -0.25) is 4.79 Å². The van der Waals surface area contributed by atoms with E-state index in [1.165, 1.54) is 11.8 Å². The SMILES string of the molecule is COC1=CSC(NC(=O)c2ccccc2)=Nc2ccccc21. The lowest BCUT2D eigenvalue weighted by molar-refractivity contribution is 0.0978. The molecule has 1 N–H and O–H groups in total. The number of thioether (sulfide) groups is 1. The zero-order valence-corrected chi connectivity index (χ0v) is 12.8. The van der Waals surface area contributed by atoms with E-state index in [1.54, 1.807) is 19.2 Å². The van der Waals surface area contributed by atoms with Crippen LogP contribution in [0.4, 0.5) is 5.69 Å². The Morgan fingerprint density at radius 3 is 2.59 bits per heavy atom. The largest absolute Gasteiger partial charge is 0.495 e. The van der Waals surface area contributed by atoms with Crippen LogP contribution in [0.2, 0.25) is 0 Å². The highest BCUT2D eigenvalue weighted by atomic mass is 32.2. The summed E-state index contributed by atoms with van der Waals surface area (Å²) in [6, 6.07) is 16.7. The number of amidine groups is 1. The molecule has 0 radical (unpaired) electrons. The lowest BCUT2D eigenvalue weighted by atomic mass is 10.1. The maximum atomic E-state index is 12.2. The minimum Gasteiger partial charge on any atom is -0.495 e. The molecule has 0 unspecified atom stereocenters. The second kappa shape index (κ2) is 6.49. The van der Waals surface area contributed by atoms with Gasteiger partial charge in [-0.25, -0.2) is 4.99 Å². The summed E-state index contributed by atoms with van der Waals surface area (Å²) in [5.41, 5.74) is 2.27. The fourth-order valence-electron chi connectivity index (χ4n) is 2.06. The third-order valence-corrected chi connectivity index (χ3v) is 3.89. The Morgan fingerprint density at radius 1 is 1.09 bits per heavy atom. The number of rotatable bonds is 2. The normalized spacial score (nSPS) is 13.3. The molecule has 0 spiro atoms. The topological polar surface area (TPSA) is 50.7 Å². The van der Waals surface area contributed by atoms with Gasteiger partial charge >= 0.3 is 0 Å². The Morgan fingerprint density at radius 2 is 1.82 bits per heavy atom. The van der Waals surface area contributed by atoms with E-state index >= 15 is 0 Å². The van der Waals surface area contributed by atoms with Gasteiger partial charge in [0.05, 0.1) is 12.8 Å². The number of aliphatic imine (C=N–C) groups is 1. The van der Waals surface area contributed by atoms with Gasteiger partial charge in [-0.2, -0.15) is 0 Å². The van der Waals surface area contributed by atoms with Crippen LogP contribution in [0, 0.1) is 0 Å². The van der Waals surface area contributed by atoms with Crippen molar-refractivity contribution in [1.82, 2.24) is 5.32 Å². The number of carbonyl (C=O) groups excluding carboxylic acids is 1. The first kappa shape index (κ1) is 14.4. The minimum absolute atomic E-state index is 0.182. The first-order chi connectivity index (χ1) is 10.8. The molecule has 110 valence electrons. The number of benzene rings is 2. The Hall–Kier alpha value is -2.53. The second-order valence-corrected chi connectivity index (χ2v) is 5.42. The zero-order chi connectivity index (χ0) is 15.4. The lowest BCUT2D eigenvalue weighted by Gasteiger charge is -2.06. The van der Waals surface area contributed by atoms with E-state index in [0.717, 1.165) is 17.0 Å². The Balaban J connectivity index is 1.88. The van der Waals surface area contributed by atoms with Gasteiger partial charge in [0.1, 0.15) is 5.76 Å². The molecule has 0 aromatic heterocycles. The van der Waals surface area contributed by atoms with Gasteiger partial charge in [-0.15, -0.1) is 0 Å². The molecular formula is C17H14N2O2S. The van der Waals surface area contributed by atoms with Crippen LogP contribution < -0.4 is 5.32 Å². The molecule has 2 aromatic rings. The second-order valence-electron chi connectivity index (χ2n) is 4.56. The van der Waals surface area contributed by atoms with E-state index in [1.807, 2.05) is 47.9 Å². The van der Waals surface area contributed by atoms with Gasteiger partial charge in [0.15, 0.2) is 5.17 Å². The number of nitrogens with one attached hydrogen (secondary N) is 1. The van der Waals surface area contributed by atoms with Gasteiger partial charge in [0, 0.05) is 16.5 Å². The van der Waals surface area contributed by atoms with E-state index in [9.17, 15) is 4.79 Å². The third-order valence-electron chi connectivity index (χ3n) is 3.15. The predicted octanol–water partition coefficient (Wildman–Crippen LogP) is 3.80. The molecule has 0 saturated carbocycles. The van der Waals surface area contributed by atoms with Crippen molar-refractivity contribution in [1.29, 1.82) is 0 Å². The van der Waals surface area contributed by atoms with Gasteiger partial charge in [0.2, 0.25) is 0 Å². The summed E-state index contributed by atoms with van der Waals surface area (Å²) in [5, 5.41) is 5.20. The van der Waals surface area contributed by atoms with Crippen LogP contribution in [0.15, 0.2) is 65.0 Å². The number of carbonyl (C=O) groups is 1. The smallest absolute Gasteiger partial charge is 0.257 e. The highest BCUT2D eigenvalue weighted by molar-refractivity contribution is 8.16. The number of hydrogen-bond acceptors (Lipinski definition) is 4. The maximum absolute atomic E-state index is 12.2. The molecule has 5 heteroatoms. The number of methoxy groups -OCH3 is 1. The van der Waals surface area contributed by atoms with E-state index in [0.29, 0.717) is 10.7 Å². The monoisotopic (exact) mass is 310 g/mol. The summed E-state index contributed by atoms with van der Waals surface area (Å²) in [5.74, 6) is 0.548. The lowest BCUT2D eigenvalue weighted by Crippen LogP contribution is -2.27. The Kier molecular flexibility index (Phi) is 4.25. The molecule has 0 bridgehead atoms. The molecule has 0 saturated heterocycles. The number of ether oxygens (including phenoxy) is 1. The number of para-hydroxylation sites is 1. The predicted molar refractivity (Wildman–Crippen MR) is 90.0 cm³/mol. The molecule has 1 heterocycles. The third kappa shape index (κ3) is 3.04. The van der Waals surface area contributed by atoms with Crippen molar-refractivity contribution in [2.75, 3.05) is 7.11 Å². The number of fused-ring (bicyclic) bond motifs is 1. The molecule has 0 fully saturated rings. The standard InChI is InChI=1S/C17H14N2O2S/c1-21-15-11-22-17(18-14-10-6-5-9-13(14)15)19-16(20)12-7-3-2-4-8-12/h2-11H,1H3,(H,18,19,20). The molecule has 3 rings (SSSR count). The van der Waals surface area contributed by atoms with E-state index in [-0.39, 0.29) is 5.91 Å². The van der Waals surface area contributed by atoms with Crippen molar-refractivity contribution >= 4 is 34.3 Å². The quantitative estimate of drug-likeness (QED) is 0.918. The first-order valence-electron chi connectivity index (χ1n) is 6.73. The van der Waals surface area contributed by atoms with Crippen LogP contribution >= 0.6 is 11.8 Å². The van der Waals surface area contributed by atoms with Crippen molar-refractivity contribution in [2.24, 2.45) is 4.99 Å². The Labute approximate surface area is 132 Å². The highest BCUT2D eigenvalue weighted by Gasteiger charge is 2.15. The molecule has 2 aromatic carbocycles. The molecule has 0 aliphatic carbocycles. The average molecular weight is 310 g/mol. The molecule has 22 heavy (non-hydrogen) atoms. The maximum Gasteiger partial charge on any atom is 0.257 e. The van der Waals surface area contributed by atoms with E-state index < -0.39 is 0 Å². The molecule has 1 aliphatic rings. The average Bonchev–Trinajstić information content (AvgIpc) is 2.74. The van der Waals surface area contributed by atoms with Crippen LogP contribution in [-0.4, -0.2) is 18.2 Å². The molecule has 0 atom stereocenters. The van der Waals surface area contributed by atoms with Gasteiger partial charge in [-0.1, -0.05) is 42.1 Å². The van der Waals surface area contributed by atoms with Crippen LogP contribution in [0.25, 0.3) is 5.76 Å². The summed E-state index contributed by atoms with van der Waals surface area (Å²) in [6.45, 7) is 0. The number of amides is 1. The Bertz CT molecular complexity index is 754. The molecule has 4 nitrogen and oxygen atoms in total. The minimum atomic E-state index is -0.182. The van der Waals surface area contributed by atoms with Gasteiger partial charge < -0.3 is 10.1 Å². The van der Waals surface area contributed by atoms with Crippen molar-refractivity contribution in [3.05, 3.63) is 71.1 Å². The van der Waals surface area contributed by atoms with Crippen molar-refractivity contribution < 1.29 is 9.53 Å². The van der Waals surface area contributed by atoms with Crippen LogP contribution in [0.1, 0.15) is 15.9 Å². The van der Waals surface area contributed by atoms with Gasteiger partial charge in [-0.05, 0) is 24.3 Å². The fraction of sp³-hybridized carbons (Fsp3) is 0.0588.